The van der Waals surface area contributed by atoms with Crippen molar-refractivity contribution in [3.05, 3.63) is 58.3 Å². The standard InChI is InChI=1S/C22H23N7O/c1-14-11-16(26-29-12-15(2)24-20(14)29)18-19(27-10-8-23-22(13-27)6-7-22)21(30)28-9-4-3-5-17(28)25-18/h3-5,9,11-12,23H,6-8,10,13H2,1-2H3. The number of aryl methyl sites for hydroxylation is 2. The highest BCUT2D eigenvalue weighted by Gasteiger charge is 2.46. The molecule has 8 nitrogen and oxygen atoms in total. The predicted octanol–water partition coefficient (Wildman–Crippen LogP) is 1.96. The number of pyridine rings is 1. The van der Waals surface area contributed by atoms with Crippen LogP contribution in [0.25, 0.3) is 22.7 Å². The number of rotatable bonds is 2. The summed E-state index contributed by atoms with van der Waals surface area (Å²) in [5.74, 6) is 0. The van der Waals surface area contributed by atoms with Crippen LogP contribution >= 0.6 is 0 Å². The number of anilines is 1. The van der Waals surface area contributed by atoms with Gasteiger partial charge in [-0.15, -0.1) is 0 Å². The first-order valence-electron chi connectivity index (χ1n) is 10.4. The SMILES string of the molecule is Cc1cn2nc(-c3nc4ccccn4c(=O)c3N3CCNC4(CC4)C3)cc(C)c2n1. The normalized spacial score (nSPS) is 17.9. The van der Waals surface area contributed by atoms with Crippen molar-refractivity contribution >= 4 is 17.0 Å². The maximum absolute atomic E-state index is 13.6. The van der Waals surface area contributed by atoms with E-state index >= 15 is 0 Å². The van der Waals surface area contributed by atoms with Gasteiger partial charge in [-0.2, -0.15) is 5.10 Å². The fraction of sp³-hybridized carbons (Fsp3) is 0.364. The molecule has 1 aliphatic heterocycles. The lowest BCUT2D eigenvalue weighted by Gasteiger charge is -2.35. The van der Waals surface area contributed by atoms with Crippen molar-refractivity contribution in [1.29, 1.82) is 0 Å². The monoisotopic (exact) mass is 401 g/mol. The van der Waals surface area contributed by atoms with Gasteiger partial charge in [0.2, 0.25) is 0 Å². The van der Waals surface area contributed by atoms with E-state index in [1.165, 1.54) is 0 Å². The number of piperazine rings is 1. The van der Waals surface area contributed by atoms with E-state index in [2.05, 4.69) is 15.2 Å². The number of hydrogen-bond donors (Lipinski definition) is 1. The summed E-state index contributed by atoms with van der Waals surface area (Å²) in [7, 11) is 0. The molecule has 4 aromatic rings. The Kier molecular flexibility index (Phi) is 3.59. The summed E-state index contributed by atoms with van der Waals surface area (Å²) in [6, 6.07) is 7.61. The Morgan fingerprint density at radius 2 is 2.03 bits per heavy atom. The summed E-state index contributed by atoms with van der Waals surface area (Å²) in [4.78, 5) is 25.3. The molecule has 0 aromatic carbocycles. The molecule has 152 valence electrons. The van der Waals surface area contributed by atoms with Crippen LogP contribution in [0, 0.1) is 13.8 Å². The maximum Gasteiger partial charge on any atom is 0.282 e. The molecule has 2 fully saturated rings. The van der Waals surface area contributed by atoms with Gasteiger partial charge >= 0.3 is 0 Å². The van der Waals surface area contributed by atoms with Gasteiger partial charge in [0.05, 0.1) is 11.9 Å². The number of aromatic nitrogens is 5. The smallest absolute Gasteiger partial charge is 0.282 e. The molecule has 1 saturated heterocycles. The zero-order valence-electron chi connectivity index (χ0n) is 17.1. The first-order chi connectivity index (χ1) is 14.5. The molecule has 1 N–H and O–H groups in total. The van der Waals surface area contributed by atoms with Gasteiger partial charge in [0.25, 0.3) is 5.56 Å². The van der Waals surface area contributed by atoms with Crippen LogP contribution in [0.3, 0.4) is 0 Å². The van der Waals surface area contributed by atoms with Crippen molar-refractivity contribution in [2.24, 2.45) is 0 Å². The van der Waals surface area contributed by atoms with Crippen LogP contribution in [-0.2, 0) is 0 Å². The minimum Gasteiger partial charge on any atom is -0.362 e. The van der Waals surface area contributed by atoms with Crippen LogP contribution < -0.4 is 15.8 Å². The molecule has 8 heteroatoms. The Bertz CT molecular complexity index is 1370. The number of nitrogens with one attached hydrogen (secondary N) is 1. The van der Waals surface area contributed by atoms with Crippen molar-refractivity contribution in [1.82, 2.24) is 29.3 Å². The van der Waals surface area contributed by atoms with Crippen molar-refractivity contribution in [2.45, 2.75) is 32.2 Å². The average molecular weight is 401 g/mol. The summed E-state index contributed by atoms with van der Waals surface area (Å²) in [5.41, 5.74) is 5.44. The lowest BCUT2D eigenvalue weighted by Crippen LogP contribution is -2.54. The average Bonchev–Trinajstić information content (AvgIpc) is 3.35. The molecule has 0 bridgehead atoms. The number of nitrogens with zero attached hydrogens (tertiary/aromatic N) is 6. The minimum atomic E-state index is -0.0466. The van der Waals surface area contributed by atoms with Crippen molar-refractivity contribution in [2.75, 3.05) is 24.5 Å². The maximum atomic E-state index is 13.6. The number of fused-ring (bicyclic) bond motifs is 2. The second kappa shape index (κ2) is 6.12. The third-order valence-corrected chi connectivity index (χ3v) is 6.23. The molecule has 0 radical (unpaired) electrons. The molecular formula is C22H23N7O. The molecule has 1 spiro atoms. The minimum absolute atomic E-state index is 0.0466. The molecule has 0 unspecified atom stereocenters. The number of imidazole rings is 1. The van der Waals surface area contributed by atoms with Gasteiger partial charge in [0.1, 0.15) is 22.7 Å². The van der Waals surface area contributed by atoms with E-state index in [1.54, 1.807) is 15.1 Å². The molecular weight excluding hydrogens is 378 g/mol. The molecule has 6 rings (SSSR count). The lowest BCUT2D eigenvalue weighted by molar-refractivity contribution is 0.441. The van der Waals surface area contributed by atoms with Gasteiger partial charge < -0.3 is 10.2 Å². The van der Waals surface area contributed by atoms with Gasteiger partial charge in [-0.25, -0.2) is 14.5 Å². The quantitative estimate of drug-likeness (QED) is 0.553. The Hall–Kier alpha value is -3.26. The van der Waals surface area contributed by atoms with Crippen LogP contribution in [0.4, 0.5) is 5.69 Å². The molecule has 1 saturated carbocycles. The zero-order valence-corrected chi connectivity index (χ0v) is 17.1. The third kappa shape index (κ3) is 2.64. The van der Waals surface area contributed by atoms with E-state index in [-0.39, 0.29) is 11.1 Å². The predicted molar refractivity (Wildman–Crippen MR) is 115 cm³/mol. The number of hydrogen-bond acceptors (Lipinski definition) is 6. The van der Waals surface area contributed by atoms with Gasteiger partial charge in [0.15, 0.2) is 5.65 Å². The van der Waals surface area contributed by atoms with E-state index in [9.17, 15) is 4.79 Å². The van der Waals surface area contributed by atoms with Crippen LogP contribution in [0.1, 0.15) is 24.1 Å². The zero-order chi connectivity index (χ0) is 20.5. The van der Waals surface area contributed by atoms with Crippen LogP contribution in [0.5, 0.6) is 0 Å². The van der Waals surface area contributed by atoms with E-state index in [0.29, 0.717) is 22.7 Å². The second-order valence-electron chi connectivity index (χ2n) is 8.53. The fourth-order valence-electron chi connectivity index (χ4n) is 4.54. The van der Waals surface area contributed by atoms with Crippen molar-refractivity contribution in [3.63, 3.8) is 0 Å². The first kappa shape index (κ1) is 17.6. The summed E-state index contributed by atoms with van der Waals surface area (Å²) < 4.78 is 3.42. The van der Waals surface area contributed by atoms with Crippen molar-refractivity contribution < 1.29 is 0 Å². The molecule has 2 aliphatic rings. The summed E-state index contributed by atoms with van der Waals surface area (Å²) in [5, 5.41) is 8.41. The van der Waals surface area contributed by atoms with E-state index in [1.807, 2.05) is 44.3 Å². The second-order valence-corrected chi connectivity index (χ2v) is 8.53. The van der Waals surface area contributed by atoms with Crippen LogP contribution in [0.2, 0.25) is 0 Å². The van der Waals surface area contributed by atoms with E-state index in [4.69, 9.17) is 10.1 Å². The Balaban J connectivity index is 1.62. The van der Waals surface area contributed by atoms with Crippen molar-refractivity contribution in [3.8, 4) is 11.4 Å². The van der Waals surface area contributed by atoms with Crippen LogP contribution in [0.15, 0.2) is 41.5 Å². The third-order valence-electron chi connectivity index (χ3n) is 6.23. The highest BCUT2D eigenvalue weighted by atomic mass is 16.1. The molecule has 30 heavy (non-hydrogen) atoms. The van der Waals surface area contributed by atoms with Gasteiger partial charge in [0, 0.05) is 31.4 Å². The first-order valence-corrected chi connectivity index (χ1v) is 10.4. The summed E-state index contributed by atoms with van der Waals surface area (Å²) in [6.45, 7) is 6.43. The van der Waals surface area contributed by atoms with Gasteiger partial charge in [-0.05, 0) is 50.5 Å². The molecule has 5 heterocycles. The summed E-state index contributed by atoms with van der Waals surface area (Å²) in [6.07, 6.45) is 6.00. The van der Waals surface area contributed by atoms with Gasteiger partial charge in [-0.1, -0.05) is 6.07 Å². The van der Waals surface area contributed by atoms with Gasteiger partial charge in [-0.3, -0.25) is 9.20 Å². The molecule has 0 amide bonds. The Labute approximate surface area is 173 Å². The highest BCUT2D eigenvalue weighted by molar-refractivity contribution is 5.75. The largest absolute Gasteiger partial charge is 0.362 e. The fourth-order valence-corrected chi connectivity index (χ4v) is 4.54. The Morgan fingerprint density at radius 1 is 1.17 bits per heavy atom. The lowest BCUT2D eigenvalue weighted by atomic mass is 10.1. The molecule has 4 aromatic heterocycles. The topological polar surface area (TPSA) is 79.8 Å². The van der Waals surface area contributed by atoms with E-state index < -0.39 is 0 Å². The highest BCUT2D eigenvalue weighted by Crippen LogP contribution is 2.39. The molecule has 0 atom stereocenters. The summed E-state index contributed by atoms with van der Waals surface area (Å²) >= 11 is 0. The Morgan fingerprint density at radius 3 is 2.87 bits per heavy atom. The molecule has 1 aliphatic carbocycles. The van der Waals surface area contributed by atoms with Crippen LogP contribution in [-0.4, -0.2) is 49.2 Å². The van der Waals surface area contributed by atoms with E-state index in [0.717, 1.165) is 49.4 Å².